The van der Waals surface area contributed by atoms with Crippen LogP contribution in [0.3, 0.4) is 0 Å². The summed E-state index contributed by atoms with van der Waals surface area (Å²) in [5.74, 6) is 0.228. The lowest BCUT2D eigenvalue weighted by Crippen LogP contribution is -2.47. The smallest absolute Gasteiger partial charge is 0.222 e. The molecule has 0 bridgehead atoms. The molecule has 1 rings (SSSR count). The maximum Gasteiger partial charge on any atom is 0.222 e. The van der Waals surface area contributed by atoms with E-state index in [-0.39, 0.29) is 5.91 Å². The van der Waals surface area contributed by atoms with E-state index in [0.717, 1.165) is 52.2 Å². The molecule has 1 aliphatic heterocycles. The number of nitrogens with two attached hydrogens (primary N) is 1. The molecule has 0 atom stereocenters. The van der Waals surface area contributed by atoms with Crippen LogP contribution < -0.4 is 5.73 Å². The molecule has 0 aromatic carbocycles. The summed E-state index contributed by atoms with van der Waals surface area (Å²) in [5, 5.41) is 0. The molecule has 1 heterocycles. The molecule has 1 saturated heterocycles. The van der Waals surface area contributed by atoms with Gasteiger partial charge in [-0.15, -0.1) is 0 Å². The second-order valence-electron chi connectivity index (χ2n) is 4.86. The Balaban J connectivity index is 2.08. The Morgan fingerprint density at radius 3 is 2.12 bits per heavy atom. The van der Waals surface area contributed by atoms with E-state index in [1.165, 1.54) is 0 Å². The van der Waals surface area contributed by atoms with Crippen molar-refractivity contribution < 1.29 is 4.79 Å². The van der Waals surface area contributed by atoms with Crippen LogP contribution in [0.15, 0.2) is 0 Å². The lowest BCUT2D eigenvalue weighted by Gasteiger charge is -2.34. The van der Waals surface area contributed by atoms with E-state index >= 15 is 0 Å². The Morgan fingerprint density at radius 2 is 1.65 bits per heavy atom. The summed E-state index contributed by atoms with van der Waals surface area (Å²) in [6.45, 7) is 7.23. The van der Waals surface area contributed by atoms with Crippen molar-refractivity contribution in [3.8, 4) is 0 Å². The van der Waals surface area contributed by atoms with Gasteiger partial charge in [0, 0.05) is 59.8 Å². The molecular weight excluding hydrogens is 216 g/mol. The molecule has 0 radical (unpaired) electrons. The summed E-state index contributed by atoms with van der Waals surface area (Å²) in [7, 11) is 3.63. The van der Waals surface area contributed by atoms with Gasteiger partial charge in [-0.1, -0.05) is 0 Å². The SMILES string of the molecule is CN(C)C(=O)CCCN1CCN(CCN)CC1. The number of hydrogen-bond acceptors (Lipinski definition) is 4. The predicted molar refractivity (Wildman–Crippen MR) is 69.9 cm³/mol. The normalized spacial score (nSPS) is 18.3. The summed E-state index contributed by atoms with van der Waals surface area (Å²) < 4.78 is 0. The van der Waals surface area contributed by atoms with Crippen molar-refractivity contribution in [2.45, 2.75) is 12.8 Å². The van der Waals surface area contributed by atoms with Gasteiger partial charge in [0.2, 0.25) is 5.91 Å². The summed E-state index contributed by atoms with van der Waals surface area (Å²) in [5.41, 5.74) is 5.54. The zero-order chi connectivity index (χ0) is 12.7. The number of hydrogen-bond donors (Lipinski definition) is 1. The Bertz CT molecular complexity index is 225. The van der Waals surface area contributed by atoms with Crippen LogP contribution in [0.5, 0.6) is 0 Å². The standard InChI is InChI=1S/C12H26N4O/c1-14(2)12(17)4-3-6-15-8-10-16(7-5-13)11-9-15/h3-11,13H2,1-2H3. The van der Waals surface area contributed by atoms with Crippen LogP contribution >= 0.6 is 0 Å². The topological polar surface area (TPSA) is 52.8 Å². The van der Waals surface area contributed by atoms with Gasteiger partial charge in [-0.05, 0) is 13.0 Å². The Hall–Kier alpha value is -0.650. The molecule has 1 amide bonds. The Labute approximate surface area is 105 Å². The molecule has 0 aromatic heterocycles. The highest BCUT2D eigenvalue weighted by Crippen LogP contribution is 2.03. The van der Waals surface area contributed by atoms with Crippen LogP contribution in [0.2, 0.25) is 0 Å². The van der Waals surface area contributed by atoms with E-state index < -0.39 is 0 Å². The van der Waals surface area contributed by atoms with Crippen LogP contribution in [-0.4, -0.2) is 80.5 Å². The van der Waals surface area contributed by atoms with Gasteiger partial charge in [0.25, 0.3) is 0 Å². The average Bonchev–Trinajstić information content (AvgIpc) is 2.31. The zero-order valence-electron chi connectivity index (χ0n) is 11.2. The first-order valence-electron chi connectivity index (χ1n) is 6.48. The summed E-state index contributed by atoms with van der Waals surface area (Å²) in [4.78, 5) is 17.9. The van der Waals surface area contributed by atoms with Gasteiger partial charge in [-0.2, -0.15) is 0 Å². The van der Waals surface area contributed by atoms with E-state index in [4.69, 9.17) is 5.73 Å². The van der Waals surface area contributed by atoms with E-state index in [0.29, 0.717) is 6.42 Å². The fraction of sp³-hybridized carbons (Fsp3) is 0.917. The molecule has 0 aliphatic carbocycles. The first kappa shape index (κ1) is 14.4. The molecule has 1 fully saturated rings. The summed E-state index contributed by atoms with van der Waals surface area (Å²) in [6, 6.07) is 0. The highest BCUT2D eigenvalue weighted by Gasteiger charge is 2.15. The maximum atomic E-state index is 11.4. The largest absolute Gasteiger partial charge is 0.349 e. The van der Waals surface area contributed by atoms with Crippen LogP contribution in [0.4, 0.5) is 0 Å². The molecule has 0 spiro atoms. The quantitative estimate of drug-likeness (QED) is 0.678. The number of carbonyl (C=O) groups excluding carboxylic acids is 1. The van der Waals surface area contributed by atoms with Crippen molar-refractivity contribution in [3.63, 3.8) is 0 Å². The summed E-state index contributed by atoms with van der Waals surface area (Å²) >= 11 is 0. The molecular formula is C12H26N4O. The number of piperazine rings is 1. The molecule has 0 saturated carbocycles. The third-order valence-electron chi connectivity index (χ3n) is 3.27. The van der Waals surface area contributed by atoms with Crippen molar-refractivity contribution in [1.82, 2.24) is 14.7 Å². The van der Waals surface area contributed by atoms with Gasteiger partial charge in [0.15, 0.2) is 0 Å². The number of rotatable bonds is 6. The zero-order valence-corrected chi connectivity index (χ0v) is 11.2. The van der Waals surface area contributed by atoms with Gasteiger partial charge < -0.3 is 15.5 Å². The molecule has 5 heteroatoms. The third kappa shape index (κ3) is 5.48. The molecule has 0 unspecified atom stereocenters. The van der Waals surface area contributed by atoms with Gasteiger partial charge in [0.05, 0.1) is 0 Å². The lowest BCUT2D eigenvalue weighted by atomic mass is 10.2. The lowest BCUT2D eigenvalue weighted by molar-refractivity contribution is -0.128. The van der Waals surface area contributed by atoms with Crippen molar-refractivity contribution in [3.05, 3.63) is 0 Å². The highest BCUT2D eigenvalue weighted by atomic mass is 16.2. The number of amides is 1. The van der Waals surface area contributed by atoms with Crippen molar-refractivity contribution in [1.29, 1.82) is 0 Å². The first-order chi connectivity index (χ1) is 8.13. The van der Waals surface area contributed by atoms with Crippen molar-refractivity contribution >= 4 is 5.91 Å². The van der Waals surface area contributed by atoms with Crippen molar-refractivity contribution in [2.24, 2.45) is 5.73 Å². The van der Waals surface area contributed by atoms with Crippen LogP contribution in [0, 0.1) is 0 Å². The Kier molecular flexibility index (Phi) is 6.47. The highest BCUT2D eigenvalue weighted by molar-refractivity contribution is 5.75. The minimum absolute atomic E-state index is 0.228. The van der Waals surface area contributed by atoms with Gasteiger partial charge in [-0.3, -0.25) is 9.69 Å². The number of nitrogens with zero attached hydrogens (tertiary/aromatic N) is 3. The molecule has 100 valence electrons. The minimum atomic E-state index is 0.228. The van der Waals surface area contributed by atoms with Crippen LogP contribution in [0.1, 0.15) is 12.8 Å². The van der Waals surface area contributed by atoms with E-state index in [1.807, 2.05) is 14.1 Å². The third-order valence-corrected chi connectivity index (χ3v) is 3.27. The van der Waals surface area contributed by atoms with Crippen molar-refractivity contribution in [2.75, 3.05) is 59.9 Å². The first-order valence-corrected chi connectivity index (χ1v) is 6.48. The number of carbonyl (C=O) groups is 1. The molecule has 0 aromatic rings. The fourth-order valence-corrected chi connectivity index (χ4v) is 2.10. The van der Waals surface area contributed by atoms with Crippen LogP contribution in [0.25, 0.3) is 0 Å². The van der Waals surface area contributed by atoms with Crippen LogP contribution in [-0.2, 0) is 4.79 Å². The maximum absolute atomic E-state index is 11.4. The second-order valence-corrected chi connectivity index (χ2v) is 4.86. The van der Waals surface area contributed by atoms with E-state index in [9.17, 15) is 4.79 Å². The predicted octanol–water partition coefficient (Wildman–Crippen LogP) is -0.569. The second kappa shape index (κ2) is 7.63. The van der Waals surface area contributed by atoms with Gasteiger partial charge in [0.1, 0.15) is 0 Å². The van der Waals surface area contributed by atoms with Gasteiger partial charge >= 0.3 is 0 Å². The van der Waals surface area contributed by atoms with E-state index in [1.54, 1.807) is 4.90 Å². The average molecular weight is 242 g/mol. The van der Waals surface area contributed by atoms with E-state index in [2.05, 4.69) is 9.80 Å². The molecule has 5 nitrogen and oxygen atoms in total. The summed E-state index contributed by atoms with van der Waals surface area (Å²) in [6.07, 6.45) is 1.63. The molecule has 17 heavy (non-hydrogen) atoms. The Morgan fingerprint density at radius 1 is 1.12 bits per heavy atom. The molecule has 1 aliphatic rings. The monoisotopic (exact) mass is 242 g/mol. The fourth-order valence-electron chi connectivity index (χ4n) is 2.10. The minimum Gasteiger partial charge on any atom is -0.349 e. The molecule has 2 N–H and O–H groups in total. The van der Waals surface area contributed by atoms with Gasteiger partial charge in [-0.25, -0.2) is 0 Å².